The molecule has 1 heterocycles. The number of ether oxygens (including phenoxy) is 4. The number of hydrogen-bond acceptors (Lipinski definition) is 8. The first-order valence-corrected chi connectivity index (χ1v) is 14.1. The first-order valence-electron chi connectivity index (χ1n) is 13.3. The van der Waals surface area contributed by atoms with Crippen molar-refractivity contribution in [3.63, 3.8) is 0 Å². The number of carbonyl (C=O) groups is 3. The first-order chi connectivity index (χ1) is 21.3. The van der Waals surface area contributed by atoms with Crippen molar-refractivity contribution in [1.82, 2.24) is 10.7 Å². The lowest BCUT2D eigenvalue weighted by Gasteiger charge is -2.12. The van der Waals surface area contributed by atoms with E-state index in [1.54, 1.807) is 72.8 Å². The van der Waals surface area contributed by atoms with E-state index >= 15 is 0 Å². The lowest BCUT2D eigenvalue weighted by Crippen LogP contribution is -2.32. The molecule has 1 aliphatic rings. The Hall–Kier alpha value is -5.42. The van der Waals surface area contributed by atoms with Gasteiger partial charge in [-0.15, -0.1) is 0 Å². The first kappa shape index (κ1) is 30.1. The SMILES string of the molecule is COc1cc(/C=N\NC(=O)C(=Cc2ccc3c(c2)OCO3)NC(=O)c2ccccc2)cc(Br)c1OC(=O)c1ccc(C)cc1. The maximum absolute atomic E-state index is 13.2. The summed E-state index contributed by atoms with van der Waals surface area (Å²) in [6, 6.07) is 23.9. The number of nitrogens with zero attached hydrogens (tertiary/aromatic N) is 1. The molecule has 11 heteroatoms. The summed E-state index contributed by atoms with van der Waals surface area (Å²) in [5, 5.41) is 6.72. The van der Waals surface area contributed by atoms with Gasteiger partial charge < -0.3 is 24.3 Å². The summed E-state index contributed by atoms with van der Waals surface area (Å²) in [7, 11) is 1.44. The molecule has 0 saturated carbocycles. The van der Waals surface area contributed by atoms with Gasteiger partial charge in [-0.05, 0) is 88.6 Å². The molecule has 0 aliphatic carbocycles. The number of esters is 1. The Kier molecular flexibility index (Phi) is 9.36. The van der Waals surface area contributed by atoms with Crippen molar-refractivity contribution in [3.05, 3.63) is 123 Å². The predicted molar refractivity (Wildman–Crippen MR) is 167 cm³/mol. The smallest absolute Gasteiger partial charge is 0.343 e. The molecular formula is C33H26BrN3O7. The van der Waals surface area contributed by atoms with Gasteiger partial charge in [0.05, 0.1) is 23.4 Å². The topological polar surface area (TPSA) is 125 Å². The normalized spacial score (nSPS) is 12.1. The number of benzene rings is 4. The number of rotatable bonds is 9. The highest BCUT2D eigenvalue weighted by Gasteiger charge is 2.19. The number of hydrogen-bond donors (Lipinski definition) is 2. The summed E-state index contributed by atoms with van der Waals surface area (Å²) in [6.45, 7) is 2.03. The number of hydrazone groups is 1. The second-order valence-electron chi connectivity index (χ2n) is 9.48. The maximum Gasteiger partial charge on any atom is 0.343 e. The van der Waals surface area contributed by atoms with Gasteiger partial charge in [0.2, 0.25) is 6.79 Å². The fraction of sp³-hybridized carbons (Fsp3) is 0.0909. The van der Waals surface area contributed by atoms with Gasteiger partial charge in [-0.1, -0.05) is 42.0 Å². The summed E-state index contributed by atoms with van der Waals surface area (Å²) in [4.78, 5) is 38.8. The van der Waals surface area contributed by atoms with E-state index in [1.165, 1.54) is 19.4 Å². The summed E-state index contributed by atoms with van der Waals surface area (Å²) in [5.41, 5.74) is 5.30. The summed E-state index contributed by atoms with van der Waals surface area (Å²) >= 11 is 3.42. The van der Waals surface area contributed by atoms with Crippen LogP contribution in [0, 0.1) is 6.92 Å². The van der Waals surface area contributed by atoms with E-state index in [2.05, 4.69) is 31.8 Å². The molecule has 0 atom stereocenters. The van der Waals surface area contributed by atoms with Crippen LogP contribution in [0.15, 0.2) is 100 Å². The Morgan fingerprint density at radius 3 is 2.39 bits per heavy atom. The third kappa shape index (κ3) is 7.31. The molecule has 2 N–H and O–H groups in total. The fourth-order valence-corrected chi connectivity index (χ4v) is 4.63. The summed E-state index contributed by atoms with van der Waals surface area (Å²) in [6.07, 6.45) is 2.89. The van der Waals surface area contributed by atoms with Crippen LogP contribution in [0.5, 0.6) is 23.0 Å². The molecule has 222 valence electrons. The molecule has 0 unspecified atom stereocenters. The zero-order valence-electron chi connectivity index (χ0n) is 23.6. The average Bonchev–Trinajstić information content (AvgIpc) is 3.50. The Bertz CT molecular complexity index is 1770. The van der Waals surface area contributed by atoms with Crippen molar-refractivity contribution >= 4 is 46.0 Å². The third-order valence-electron chi connectivity index (χ3n) is 6.35. The Balaban J connectivity index is 1.33. The van der Waals surface area contributed by atoms with E-state index in [1.807, 2.05) is 19.1 Å². The number of amides is 2. The minimum absolute atomic E-state index is 0.0491. The molecule has 1 aliphatic heterocycles. The van der Waals surface area contributed by atoms with E-state index in [-0.39, 0.29) is 24.0 Å². The van der Waals surface area contributed by atoms with E-state index in [9.17, 15) is 14.4 Å². The van der Waals surface area contributed by atoms with Crippen LogP contribution in [0.1, 0.15) is 37.4 Å². The van der Waals surface area contributed by atoms with Crippen molar-refractivity contribution in [2.45, 2.75) is 6.92 Å². The molecule has 2 amide bonds. The number of fused-ring (bicyclic) bond motifs is 1. The van der Waals surface area contributed by atoms with Crippen LogP contribution in [0.25, 0.3) is 6.08 Å². The van der Waals surface area contributed by atoms with Crippen molar-refractivity contribution in [2.24, 2.45) is 5.10 Å². The number of methoxy groups -OCH3 is 1. The van der Waals surface area contributed by atoms with Gasteiger partial charge in [0.25, 0.3) is 11.8 Å². The minimum Gasteiger partial charge on any atom is -0.493 e. The van der Waals surface area contributed by atoms with E-state index in [0.29, 0.717) is 38.2 Å². The number of carbonyl (C=O) groups excluding carboxylic acids is 3. The van der Waals surface area contributed by atoms with E-state index in [4.69, 9.17) is 18.9 Å². The molecule has 0 aromatic heterocycles. The van der Waals surface area contributed by atoms with Gasteiger partial charge >= 0.3 is 5.97 Å². The van der Waals surface area contributed by atoms with Gasteiger partial charge in [-0.3, -0.25) is 9.59 Å². The van der Waals surface area contributed by atoms with Crippen LogP contribution in [0.3, 0.4) is 0 Å². The highest BCUT2D eigenvalue weighted by atomic mass is 79.9. The molecule has 0 bridgehead atoms. The van der Waals surface area contributed by atoms with Gasteiger partial charge in [0.15, 0.2) is 23.0 Å². The van der Waals surface area contributed by atoms with Crippen molar-refractivity contribution in [2.75, 3.05) is 13.9 Å². The zero-order chi connectivity index (χ0) is 31.1. The Morgan fingerprint density at radius 1 is 0.886 bits per heavy atom. The minimum atomic E-state index is -0.669. The van der Waals surface area contributed by atoms with Gasteiger partial charge in [0.1, 0.15) is 5.70 Å². The zero-order valence-corrected chi connectivity index (χ0v) is 25.2. The molecule has 0 radical (unpaired) electrons. The van der Waals surface area contributed by atoms with E-state index in [0.717, 1.165) is 5.56 Å². The highest BCUT2D eigenvalue weighted by molar-refractivity contribution is 9.10. The Morgan fingerprint density at radius 2 is 1.64 bits per heavy atom. The maximum atomic E-state index is 13.2. The van der Waals surface area contributed by atoms with E-state index < -0.39 is 17.8 Å². The van der Waals surface area contributed by atoms with Crippen LogP contribution in [-0.2, 0) is 4.79 Å². The summed E-state index contributed by atoms with van der Waals surface area (Å²) < 4.78 is 22.2. The molecule has 0 fully saturated rings. The predicted octanol–water partition coefficient (Wildman–Crippen LogP) is 5.64. The molecule has 5 rings (SSSR count). The van der Waals surface area contributed by atoms with Crippen molar-refractivity contribution in [1.29, 1.82) is 0 Å². The average molecular weight is 656 g/mol. The molecule has 4 aromatic rings. The molecule has 0 spiro atoms. The quantitative estimate of drug-likeness (QED) is 0.0787. The van der Waals surface area contributed by atoms with Gasteiger partial charge in [-0.25, -0.2) is 10.2 Å². The highest BCUT2D eigenvalue weighted by Crippen LogP contribution is 2.37. The van der Waals surface area contributed by atoms with Gasteiger partial charge in [0, 0.05) is 5.56 Å². The molecule has 4 aromatic carbocycles. The van der Waals surface area contributed by atoms with Crippen LogP contribution in [0.2, 0.25) is 0 Å². The number of aryl methyl sites for hydroxylation is 1. The largest absolute Gasteiger partial charge is 0.493 e. The third-order valence-corrected chi connectivity index (χ3v) is 6.94. The lowest BCUT2D eigenvalue weighted by atomic mass is 10.1. The van der Waals surface area contributed by atoms with Crippen LogP contribution in [-0.4, -0.2) is 37.9 Å². The second-order valence-corrected chi connectivity index (χ2v) is 10.3. The van der Waals surface area contributed by atoms with Crippen LogP contribution < -0.4 is 29.7 Å². The number of nitrogens with one attached hydrogen (secondary N) is 2. The molecule has 44 heavy (non-hydrogen) atoms. The summed E-state index contributed by atoms with van der Waals surface area (Å²) in [5.74, 6) is -0.110. The van der Waals surface area contributed by atoms with Crippen LogP contribution in [0.4, 0.5) is 0 Å². The van der Waals surface area contributed by atoms with Gasteiger partial charge in [-0.2, -0.15) is 5.10 Å². The standard InChI is InChI=1S/C33H26BrN3O7/c1-20-8-11-24(12-9-20)33(40)44-30-25(34)14-22(17-29(30)41-2)18-35-37-32(39)26(36-31(38)23-6-4-3-5-7-23)15-21-10-13-27-28(16-21)43-19-42-27/h3-18H,19H2,1-2H3,(H,36,38)(H,37,39)/b26-15?,35-18-. The fourth-order valence-electron chi connectivity index (χ4n) is 4.09. The van der Waals surface area contributed by atoms with Crippen molar-refractivity contribution < 1.29 is 33.3 Å². The second kappa shape index (κ2) is 13.7. The lowest BCUT2D eigenvalue weighted by molar-refractivity contribution is -0.117. The van der Waals surface area contributed by atoms with Crippen molar-refractivity contribution in [3.8, 4) is 23.0 Å². The monoisotopic (exact) mass is 655 g/mol. The molecule has 0 saturated heterocycles. The molecular weight excluding hydrogens is 630 g/mol. The molecule has 10 nitrogen and oxygen atoms in total. The number of halogens is 1. The Labute approximate surface area is 261 Å². The van der Waals surface area contributed by atoms with Crippen LogP contribution >= 0.6 is 15.9 Å².